The van der Waals surface area contributed by atoms with Crippen molar-refractivity contribution in [2.24, 2.45) is 0 Å². The highest BCUT2D eigenvalue weighted by molar-refractivity contribution is 6.30. The molecule has 4 heteroatoms. The van der Waals surface area contributed by atoms with Crippen LogP contribution in [-0.4, -0.2) is 36.7 Å². The molecule has 1 unspecified atom stereocenters. The minimum Gasteiger partial charge on any atom is -0.302 e. The van der Waals surface area contributed by atoms with Crippen molar-refractivity contribution in [1.82, 2.24) is 10.0 Å². The quantitative estimate of drug-likeness (QED) is 0.758. The summed E-state index contributed by atoms with van der Waals surface area (Å²) >= 11 is 6.14. The first kappa shape index (κ1) is 14.1. The lowest BCUT2D eigenvalue weighted by molar-refractivity contribution is 0.0101. The molecule has 0 saturated carbocycles. The SMILES string of the molecule is CN1CC=C(c2ccc(Cl)cc2C2CCCN2F)CC1. The van der Waals surface area contributed by atoms with E-state index in [4.69, 9.17) is 11.6 Å². The summed E-state index contributed by atoms with van der Waals surface area (Å²) in [7, 11) is 2.12. The molecule has 1 fully saturated rings. The topological polar surface area (TPSA) is 6.48 Å². The zero-order valence-corrected chi connectivity index (χ0v) is 12.5. The van der Waals surface area contributed by atoms with Crippen LogP contribution in [-0.2, 0) is 0 Å². The lowest BCUT2D eigenvalue weighted by atomic mass is 9.91. The summed E-state index contributed by atoms with van der Waals surface area (Å²) in [5.41, 5.74) is 3.56. The Morgan fingerprint density at radius 1 is 1.30 bits per heavy atom. The first-order valence-electron chi connectivity index (χ1n) is 7.25. The van der Waals surface area contributed by atoms with E-state index in [0.717, 1.165) is 43.0 Å². The average molecular weight is 295 g/mol. The van der Waals surface area contributed by atoms with E-state index in [1.807, 2.05) is 12.1 Å². The molecule has 108 valence electrons. The fourth-order valence-corrected chi connectivity index (χ4v) is 3.34. The largest absolute Gasteiger partial charge is 0.302 e. The van der Waals surface area contributed by atoms with Crippen LogP contribution in [0.4, 0.5) is 4.48 Å². The maximum atomic E-state index is 14.0. The molecule has 2 aliphatic rings. The van der Waals surface area contributed by atoms with E-state index in [-0.39, 0.29) is 6.04 Å². The van der Waals surface area contributed by atoms with Crippen LogP contribution in [0.25, 0.3) is 5.57 Å². The second-order valence-corrected chi connectivity index (χ2v) is 6.19. The monoisotopic (exact) mass is 294 g/mol. The van der Waals surface area contributed by atoms with E-state index in [1.54, 1.807) is 0 Å². The van der Waals surface area contributed by atoms with Gasteiger partial charge in [0.2, 0.25) is 0 Å². The van der Waals surface area contributed by atoms with Crippen molar-refractivity contribution in [3.05, 3.63) is 40.4 Å². The molecule has 0 spiro atoms. The van der Waals surface area contributed by atoms with E-state index < -0.39 is 0 Å². The third-order valence-electron chi connectivity index (χ3n) is 4.32. The minimum absolute atomic E-state index is 0.135. The Hall–Kier alpha value is -0.900. The highest BCUT2D eigenvalue weighted by Crippen LogP contribution is 2.38. The van der Waals surface area contributed by atoms with Crippen LogP contribution in [0.15, 0.2) is 24.3 Å². The Kier molecular flexibility index (Phi) is 4.11. The molecular formula is C16H20ClFN2. The van der Waals surface area contributed by atoms with Crippen molar-refractivity contribution in [3.8, 4) is 0 Å². The van der Waals surface area contributed by atoms with Crippen LogP contribution in [0, 0.1) is 0 Å². The number of halogens is 2. The van der Waals surface area contributed by atoms with Gasteiger partial charge in [0.25, 0.3) is 0 Å². The van der Waals surface area contributed by atoms with Gasteiger partial charge >= 0.3 is 0 Å². The summed E-state index contributed by atoms with van der Waals surface area (Å²) in [6, 6.07) is 5.78. The Morgan fingerprint density at radius 2 is 2.15 bits per heavy atom. The summed E-state index contributed by atoms with van der Waals surface area (Å²) in [5, 5.41) is 1.66. The first-order valence-corrected chi connectivity index (χ1v) is 7.63. The van der Waals surface area contributed by atoms with Crippen molar-refractivity contribution in [1.29, 1.82) is 0 Å². The highest BCUT2D eigenvalue weighted by atomic mass is 35.5. The molecule has 1 atom stereocenters. The van der Waals surface area contributed by atoms with Crippen LogP contribution in [0.1, 0.15) is 36.4 Å². The maximum Gasteiger partial charge on any atom is 0.0658 e. The van der Waals surface area contributed by atoms with Crippen molar-refractivity contribution in [2.75, 3.05) is 26.7 Å². The second-order valence-electron chi connectivity index (χ2n) is 5.75. The molecule has 2 nitrogen and oxygen atoms in total. The Balaban J connectivity index is 1.98. The van der Waals surface area contributed by atoms with Crippen LogP contribution >= 0.6 is 11.6 Å². The molecule has 0 radical (unpaired) electrons. The first-order chi connectivity index (χ1) is 9.65. The third kappa shape index (κ3) is 2.76. The molecule has 0 aromatic heterocycles. The number of likely N-dealkylation sites (N-methyl/N-ethyl adjacent to an activating group) is 1. The van der Waals surface area contributed by atoms with Gasteiger partial charge in [-0.2, -0.15) is 0 Å². The minimum atomic E-state index is -0.135. The normalized spacial score (nSPS) is 24.9. The standard InChI is InChI=1S/C16H20ClFN2/c1-19-9-6-12(7-10-19)14-5-4-13(17)11-15(14)16-3-2-8-20(16)18/h4-6,11,16H,2-3,7-10H2,1H3. The molecule has 0 amide bonds. The van der Waals surface area contributed by atoms with E-state index >= 15 is 0 Å². The van der Waals surface area contributed by atoms with Gasteiger partial charge in [-0.25, -0.2) is 0 Å². The van der Waals surface area contributed by atoms with Crippen LogP contribution < -0.4 is 0 Å². The summed E-state index contributed by atoms with van der Waals surface area (Å²) in [4.78, 5) is 2.29. The molecule has 20 heavy (non-hydrogen) atoms. The number of nitrogens with zero attached hydrogens (tertiary/aromatic N) is 2. The molecule has 0 aliphatic carbocycles. The molecule has 2 aliphatic heterocycles. The number of benzene rings is 1. The lowest BCUT2D eigenvalue weighted by Crippen LogP contribution is -2.24. The molecule has 1 saturated heterocycles. The molecular weight excluding hydrogens is 275 g/mol. The van der Waals surface area contributed by atoms with Gasteiger partial charge in [-0.1, -0.05) is 23.7 Å². The molecule has 0 bridgehead atoms. The van der Waals surface area contributed by atoms with E-state index in [0.29, 0.717) is 11.6 Å². The zero-order valence-electron chi connectivity index (χ0n) is 11.8. The van der Waals surface area contributed by atoms with Gasteiger partial charge in [-0.3, -0.25) is 0 Å². The Morgan fingerprint density at radius 3 is 2.80 bits per heavy atom. The van der Waals surface area contributed by atoms with Gasteiger partial charge in [-0.15, -0.1) is 9.60 Å². The Bertz CT molecular complexity index is 529. The van der Waals surface area contributed by atoms with Gasteiger partial charge in [0, 0.05) is 24.7 Å². The number of rotatable bonds is 2. The predicted molar refractivity (Wildman–Crippen MR) is 81.3 cm³/mol. The van der Waals surface area contributed by atoms with Gasteiger partial charge in [0.05, 0.1) is 6.04 Å². The van der Waals surface area contributed by atoms with Crippen molar-refractivity contribution < 1.29 is 4.48 Å². The fraction of sp³-hybridized carbons (Fsp3) is 0.500. The van der Waals surface area contributed by atoms with E-state index in [2.05, 4.69) is 24.1 Å². The molecule has 1 aromatic carbocycles. The van der Waals surface area contributed by atoms with Crippen LogP contribution in [0.5, 0.6) is 0 Å². The molecule has 2 heterocycles. The smallest absolute Gasteiger partial charge is 0.0658 e. The van der Waals surface area contributed by atoms with Crippen molar-refractivity contribution in [2.45, 2.75) is 25.3 Å². The van der Waals surface area contributed by atoms with Crippen molar-refractivity contribution >= 4 is 17.2 Å². The van der Waals surface area contributed by atoms with Gasteiger partial charge in [0.15, 0.2) is 0 Å². The second kappa shape index (κ2) is 5.84. The third-order valence-corrected chi connectivity index (χ3v) is 4.55. The maximum absolute atomic E-state index is 14.0. The predicted octanol–water partition coefficient (Wildman–Crippen LogP) is 4.08. The molecule has 1 aromatic rings. The van der Waals surface area contributed by atoms with Gasteiger partial charge in [-0.05, 0) is 55.1 Å². The lowest BCUT2D eigenvalue weighted by Gasteiger charge is -2.26. The molecule has 0 N–H and O–H groups in total. The summed E-state index contributed by atoms with van der Waals surface area (Å²) < 4.78 is 14.0. The fourth-order valence-electron chi connectivity index (χ4n) is 3.16. The van der Waals surface area contributed by atoms with E-state index in [1.165, 1.54) is 11.1 Å². The highest BCUT2D eigenvalue weighted by Gasteiger charge is 2.29. The summed E-state index contributed by atoms with van der Waals surface area (Å²) in [5.74, 6) is 0. The molecule has 3 rings (SSSR count). The van der Waals surface area contributed by atoms with E-state index in [9.17, 15) is 4.48 Å². The van der Waals surface area contributed by atoms with Gasteiger partial charge < -0.3 is 4.90 Å². The zero-order chi connectivity index (χ0) is 14.1. The van der Waals surface area contributed by atoms with Crippen LogP contribution in [0.2, 0.25) is 5.02 Å². The number of hydrogen-bond acceptors (Lipinski definition) is 2. The Labute approximate surface area is 124 Å². The number of hydrogen-bond donors (Lipinski definition) is 0. The summed E-state index contributed by atoms with van der Waals surface area (Å²) in [6.07, 6.45) is 5.06. The van der Waals surface area contributed by atoms with Crippen molar-refractivity contribution in [3.63, 3.8) is 0 Å². The van der Waals surface area contributed by atoms with Gasteiger partial charge in [0.1, 0.15) is 0 Å². The van der Waals surface area contributed by atoms with Crippen LogP contribution in [0.3, 0.4) is 0 Å². The summed E-state index contributed by atoms with van der Waals surface area (Å²) in [6.45, 7) is 2.54. The average Bonchev–Trinajstić information content (AvgIpc) is 2.86.